The summed E-state index contributed by atoms with van der Waals surface area (Å²) in [7, 11) is -2.98. The lowest BCUT2D eigenvalue weighted by Crippen LogP contribution is -2.25. The minimum atomic E-state index is -2.98. The molecule has 0 atom stereocenters. The van der Waals surface area contributed by atoms with Crippen molar-refractivity contribution in [2.75, 3.05) is 25.1 Å². The van der Waals surface area contributed by atoms with E-state index >= 15 is 0 Å². The molecule has 7 heteroatoms. The van der Waals surface area contributed by atoms with Crippen molar-refractivity contribution in [2.45, 2.75) is 6.42 Å². The van der Waals surface area contributed by atoms with E-state index < -0.39 is 9.84 Å². The normalized spacial score (nSPS) is 10.6. The van der Waals surface area contributed by atoms with Gasteiger partial charge in [0.1, 0.15) is 14.7 Å². The van der Waals surface area contributed by atoms with Crippen LogP contribution in [0.1, 0.15) is 21.7 Å². The van der Waals surface area contributed by atoms with Crippen LogP contribution in [0.5, 0.6) is 0 Å². The van der Waals surface area contributed by atoms with Crippen molar-refractivity contribution >= 4 is 27.1 Å². The zero-order valence-corrected chi connectivity index (χ0v) is 12.2. The van der Waals surface area contributed by atoms with Gasteiger partial charge in [0.2, 0.25) is 0 Å². The molecular weight excluding hydrogens is 284 g/mol. The molecule has 5 nitrogen and oxygen atoms in total. The van der Waals surface area contributed by atoms with Crippen LogP contribution in [-0.4, -0.2) is 39.4 Å². The summed E-state index contributed by atoms with van der Waals surface area (Å²) >= 11 is 1.30. The van der Waals surface area contributed by atoms with E-state index in [2.05, 4.69) is 17.2 Å². The average Bonchev–Trinajstić information content (AvgIpc) is 2.79. The molecule has 0 aromatic carbocycles. The van der Waals surface area contributed by atoms with E-state index in [1.807, 2.05) is 0 Å². The van der Waals surface area contributed by atoms with E-state index in [0.29, 0.717) is 23.4 Å². The standard InChI is InChI=1S/C12H16N2O3S2/c1-19(16,17)9-3-7-14-12(15)11-10(4-2-6-13)5-8-18-11/h5,8H,3,6-7,9,13H2,1H3,(H,14,15). The number of nitrogens with two attached hydrogens (primary N) is 1. The second-order valence-electron chi connectivity index (χ2n) is 3.91. The average molecular weight is 300 g/mol. The van der Waals surface area contributed by atoms with E-state index in [4.69, 9.17) is 5.73 Å². The van der Waals surface area contributed by atoms with E-state index in [-0.39, 0.29) is 18.2 Å². The quantitative estimate of drug-likeness (QED) is 0.601. The zero-order valence-electron chi connectivity index (χ0n) is 10.6. The monoisotopic (exact) mass is 300 g/mol. The van der Waals surface area contributed by atoms with Crippen molar-refractivity contribution in [3.05, 3.63) is 21.9 Å². The summed E-state index contributed by atoms with van der Waals surface area (Å²) < 4.78 is 21.9. The molecule has 0 aliphatic rings. The van der Waals surface area contributed by atoms with Crippen LogP contribution in [0.25, 0.3) is 0 Å². The first kappa shape index (κ1) is 15.7. The Kier molecular flexibility index (Phi) is 6.02. The first-order valence-corrected chi connectivity index (χ1v) is 8.60. The predicted octanol–water partition coefficient (Wildman–Crippen LogP) is 0.223. The van der Waals surface area contributed by atoms with Crippen LogP contribution in [0.15, 0.2) is 11.4 Å². The summed E-state index contributed by atoms with van der Waals surface area (Å²) in [6, 6.07) is 1.76. The van der Waals surface area contributed by atoms with E-state index in [0.717, 1.165) is 0 Å². The maximum atomic E-state index is 11.9. The molecule has 19 heavy (non-hydrogen) atoms. The van der Waals surface area contributed by atoms with Gasteiger partial charge >= 0.3 is 0 Å². The van der Waals surface area contributed by atoms with Gasteiger partial charge in [-0.3, -0.25) is 4.79 Å². The summed E-state index contributed by atoms with van der Waals surface area (Å²) in [4.78, 5) is 12.4. The van der Waals surface area contributed by atoms with Crippen LogP contribution < -0.4 is 11.1 Å². The maximum absolute atomic E-state index is 11.9. The van der Waals surface area contributed by atoms with Crippen molar-refractivity contribution in [1.82, 2.24) is 5.32 Å². The Morgan fingerprint density at radius 2 is 2.26 bits per heavy atom. The molecule has 0 aliphatic heterocycles. The van der Waals surface area contributed by atoms with Crippen LogP contribution in [0.2, 0.25) is 0 Å². The fourth-order valence-corrected chi connectivity index (χ4v) is 2.78. The lowest BCUT2D eigenvalue weighted by molar-refractivity contribution is 0.0957. The molecule has 1 aromatic rings. The third-order valence-electron chi connectivity index (χ3n) is 2.17. The molecule has 0 bridgehead atoms. The maximum Gasteiger partial charge on any atom is 0.262 e. The molecule has 104 valence electrons. The molecule has 1 amide bonds. The van der Waals surface area contributed by atoms with Gasteiger partial charge in [-0.15, -0.1) is 11.3 Å². The van der Waals surface area contributed by atoms with Crippen LogP contribution in [0, 0.1) is 11.8 Å². The number of carbonyl (C=O) groups excluding carboxylic acids is 1. The van der Waals surface area contributed by atoms with Crippen molar-refractivity contribution in [3.8, 4) is 11.8 Å². The Hall–Kier alpha value is -1.36. The van der Waals surface area contributed by atoms with Gasteiger partial charge in [-0.1, -0.05) is 11.8 Å². The Bertz CT molecular complexity index is 594. The highest BCUT2D eigenvalue weighted by atomic mass is 32.2. The Balaban J connectivity index is 2.52. The second-order valence-corrected chi connectivity index (χ2v) is 7.08. The molecule has 1 aromatic heterocycles. The van der Waals surface area contributed by atoms with Crippen molar-refractivity contribution < 1.29 is 13.2 Å². The molecule has 3 N–H and O–H groups in total. The Labute approximate surface area is 117 Å². The van der Waals surface area contributed by atoms with Crippen LogP contribution in [0.4, 0.5) is 0 Å². The van der Waals surface area contributed by atoms with Crippen molar-refractivity contribution in [2.24, 2.45) is 5.73 Å². The number of amides is 1. The van der Waals surface area contributed by atoms with Crippen LogP contribution >= 0.6 is 11.3 Å². The highest BCUT2D eigenvalue weighted by molar-refractivity contribution is 7.90. The SMILES string of the molecule is CS(=O)(=O)CCCNC(=O)c1sccc1C#CCN. The minimum Gasteiger partial charge on any atom is -0.351 e. The molecule has 0 radical (unpaired) electrons. The molecule has 0 saturated carbocycles. The predicted molar refractivity (Wildman–Crippen MR) is 76.9 cm³/mol. The van der Waals surface area contributed by atoms with Gasteiger partial charge < -0.3 is 11.1 Å². The summed E-state index contributed by atoms with van der Waals surface area (Å²) in [5.74, 6) is 5.36. The van der Waals surface area contributed by atoms with Crippen molar-refractivity contribution in [3.63, 3.8) is 0 Å². The third-order valence-corrected chi connectivity index (χ3v) is 4.12. The number of rotatable bonds is 5. The smallest absolute Gasteiger partial charge is 0.262 e. The number of hydrogen-bond donors (Lipinski definition) is 2. The number of nitrogens with one attached hydrogen (secondary N) is 1. The Morgan fingerprint density at radius 3 is 2.89 bits per heavy atom. The van der Waals surface area contributed by atoms with Gasteiger partial charge in [-0.2, -0.15) is 0 Å². The topological polar surface area (TPSA) is 89.3 Å². The number of hydrogen-bond acceptors (Lipinski definition) is 5. The van der Waals surface area contributed by atoms with Crippen LogP contribution in [-0.2, 0) is 9.84 Å². The Morgan fingerprint density at radius 1 is 1.53 bits per heavy atom. The molecule has 0 spiro atoms. The summed E-state index contributed by atoms with van der Waals surface area (Å²) in [5.41, 5.74) is 5.93. The fourth-order valence-electron chi connectivity index (χ4n) is 1.35. The number of thiophene rings is 1. The lowest BCUT2D eigenvalue weighted by atomic mass is 10.2. The molecule has 0 aliphatic carbocycles. The van der Waals surface area contributed by atoms with Gasteiger partial charge in [0.25, 0.3) is 5.91 Å². The molecule has 0 fully saturated rings. The van der Waals surface area contributed by atoms with Gasteiger partial charge in [-0.05, 0) is 17.9 Å². The molecule has 1 heterocycles. The largest absolute Gasteiger partial charge is 0.351 e. The lowest BCUT2D eigenvalue weighted by Gasteiger charge is -2.03. The van der Waals surface area contributed by atoms with E-state index in [1.165, 1.54) is 17.6 Å². The highest BCUT2D eigenvalue weighted by Crippen LogP contribution is 2.15. The summed E-state index contributed by atoms with van der Waals surface area (Å²) in [5, 5.41) is 4.47. The molecule has 0 saturated heterocycles. The molecular formula is C12H16N2O3S2. The van der Waals surface area contributed by atoms with Gasteiger partial charge in [0, 0.05) is 18.4 Å². The van der Waals surface area contributed by atoms with Gasteiger partial charge in [0.05, 0.1) is 12.3 Å². The summed E-state index contributed by atoms with van der Waals surface area (Å²) in [6.45, 7) is 0.568. The van der Waals surface area contributed by atoms with Crippen molar-refractivity contribution in [1.29, 1.82) is 0 Å². The van der Waals surface area contributed by atoms with E-state index in [9.17, 15) is 13.2 Å². The minimum absolute atomic E-state index is 0.0670. The zero-order chi connectivity index (χ0) is 14.3. The molecule has 0 unspecified atom stereocenters. The third kappa shape index (κ3) is 5.87. The van der Waals surface area contributed by atoms with E-state index in [1.54, 1.807) is 11.4 Å². The summed E-state index contributed by atoms with van der Waals surface area (Å²) in [6.07, 6.45) is 1.58. The van der Waals surface area contributed by atoms with Gasteiger partial charge in [0.15, 0.2) is 0 Å². The van der Waals surface area contributed by atoms with Crippen LogP contribution in [0.3, 0.4) is 0 Å². The molecule has 1 rings (SSSR count). The first-order valence-electron chi connectivity index (χ1n) is 5.66. The number of carbonyl (C=O) groups is 1. The first-order chi connectivity index (χ1) is 8.94. The highest BCUT2D eigenvalue weighted by Gasteiger charge is 2.11. The second kappa shape index (κ2) is 7.28. The fraction of sp³-hybridized carbons (Fsp3) is 0.417. The van der Waals surface area contributed by atoms with Gasteiger partial charge in [-0.25, -0.2) is 8.42 Å². The number of sulfone groups is 1.